The van der Waals surface area contributed by atoms with E-state index in [9.17, 15) is 18.4 Å². The number of nitrogens with zero attached hydrogens (tertiary/aromatic N) is 2. The van der Waals surface area contributed by atoms with E-state index in [1.54, 1.807) is 21.9 Å². The van der Waals surface area contributed by atoms with Crippen LogP contribution in [0.3, 0.4) is 0 Å². The molecule has 0 unspecified atom stereocenters. The molecule has 130 valence electrons. The fourth-order valence-corrected chi connectivity index (χ4v) is 2.93. The Hall–Kier alpha value is -2.76. The molecule has 0 N–H and O–H groups in total. The first-order valence-corrected chi connectivity index (χ1v) is 8.15. The molecule has 1 saturated heterocycles. The molecule has 1 fully saturated rings. The number of carbonyl (C=O) groups excluding carboxylic acids is 2. The quantitative estimate of drug-likeness (QED) is 0.840. The first kappa shape index (κ1) is 17.1. The van der Waals surface area contributed by atoms with Gasteiger partial charge >= 0.3 is 0 Å². The molecule has 0 saturated carbocycles. The molecule has 0 spiro atoms. The minimum absolute atomic E-state index is 0.0346. The van der Waals surface area contributed by atoms with Crippen LogP contribution in [0.4, 0.5) is 8.78 Å². The summed E-state index contributed by atoms with van der Waals surface area (Å²) in [5.74, 6) is -1.65. The lowest BCUT2D eigenvalue weighted by molar-refractivity contribution is 0.0716. The Morgan fingerprint density at radius 1 is 0.800 bits per heavy atom. The number of halogens is 2. The Bertz CT molecular complexity index is 794. The highest BCUT2D eigenvalue weighted by atomic mass is 19.1. The van der Waals surface area contributed by atoms with E-state index in [1.165, 1.54) is 36.4 Å². The summed E-state index contributed by atoms with van der Waals surface area (Å²) < 4.78 is 27.1. The van der Waals surface area contributed by atoms with E-state index in [4.69, 9.17) is 0 Å². The predicted octanol–water partition coefficient (Wildman–Crippen LogP) is 2.95. The Morgan fingerprint density at radius 2 is 1.48 bits per heavy atom. The smallest absolute Gasteiger partial charge is 0.256 e. The molecular formula is C19H18F2N2O2. The number of hydrogen-bond acceptors (Lipinski definition) is 2. The van der Waals surface area contributed by atoms with Crippen LogP contribution in [-0.2, 0) is 0 Å². The highest BCUT2D eigenvalue weighted by molar-refractivity contribution is 5.95. The van der Waals surface area contributed by atoms with E-state index >= 15 is 0 Å². The molecule has 1 aliphatic rings. The van der Waals surface area contributed by atoms with Gasteiger partial charge in [0.1, 0.15) is 11.6 Å². The third-order valence-electron chi connectivity index (χ3n) is 4.25. The second-order valence-electron chi connectivity index (χ2n) is 5.93. The summed E-state index contributed by atoms with van der Waals surface area (Å²) in [5.41, 5.74) is 0.321. The highest BCUT2D eigenvalue weighted by Gasteiger charge is 2.24. The molecule has 0 aliphatic carbocycles. The zero-order valence-electron chi connectivity index (χ0n) is 13.6. The van der Waals surface area contributed by atoms with Crippen molar-refractivity contribution in [1.29, 1.82) is 0 Å². The fraction of sp³-hybridized carbons (Fsp3) is 0.263. The number of hydrogen-bond donors (Lipinski definition) is 0. The third kappa shape index (κ3) is 3.84. The molecule has 4 nitrogen and oxygen atoms in total. The van der Waals surface area contributed by atoms with Gasteiger partial charge in [-0.15, -0.1) is 0 Å². The van der Waals surface area contributed by atoms with Crippen molar-refractivity contribution in [2.24, 2.45) is 0 Å². The van der Waals surface area contributed by atoms with E-state index in [0.717, 1.165) is 0 Å². The molecule has 3 rings (SSSR count). The minimum atomic E-state index is -0.551. The summed E-state index contributed by atoms with van der Waals surface area (Å²) in [4.78, 5) is 28.2. The van der Waals surface area contributed by atoms with Crippen LogP contribution in [0.5, 0.6) is 0 Å². The molecule has 1 heterocycles. The summed E-state index contributed by atoms with van der Waals surface area (Å²) in [6, 6.07) is 11.4. The molecule has 6 heteroatoms. The van der Waals surface area contributed by atoms with Gasteiger partial charge in [-0.05, 0) is 36.8 Å². The van der Waals surface area contributed by atoms with Crippen LogP contribution >= 0.6 is 0 Å². The van der Waals surface area contributed by atoms with Gasteiger partial charge in [0.2, 0.25) is 0 Å². The second kappa shape index (κ2) is 7.42. The van der Waals surface area contributed by atoms with Crippen molar-refractivity contribution in [3.63, 3.8) is 0 Å². The second-order valence-corrected chi connectivity index (χ2v) is 5.93. The van der Waals surface area contributed by atoms with Crippen molar-refractivity contribution in [3.05, 3.63) is 71.3 Å². The lowest BCUT2D eigenvalue weighted by Gasteiger charge is -2.22. The van der Waals surface area contributed by atoms with Gasteiger partial charge in [0, 0.05) is 31.7 Å². The zero-order valence-corrected chi connectivity index (χ0v) is 13.6. The first-order valence-electron chi connectivity index (χ1n) is 8.15. The van der Waals surface area contributed by atoms with Crippen LogP contribution in [-0.4, -0.2) is 47.8 Å². The Morgan fingerprint density at radius 3 is 2.16 bits per heavy atom. The van der Waals surface area contributed by atoms with E-state index in [2.05, 4.69) is 0 Å². The first-order chi connectivity index (χ1) is 12.1. The van der Waals surface area contributed by atoms with Crippen molar-refractivity contribution >= 4 is 11.8 Å². The van der Waals surface area contributed by atoms with Crippen LogP contribution in [0.1, 0.15) is 27.1 Å². The van der Waals surface area contributed by atoms with Crippen molar-refractivity contribution in [1.82, 2.24) is 9.80 Å². The molecule has 2 aromatic carbocycles. The van der Waals surface area contributed by atoms with Gasteiger partial charge in [-0.1, -0.05) is 18.2 Å². The van der Waals surface area contributed by atoms with E-state index in [-0.39, 0.29) is 22.9 Å². The van der Waals surface area contributed by atoms with Crippen LogP contribution in [0.15, 0.2) is 48.5 Å². The van der Waals surface area contributed by atoms with Gasteiger partial charge in [0.25, 0.3) is 11.8 Å². The van der Waals surface area contributed by atoms with Crippen molar-refractivity contribution in [2.45, 2.75) is 6.42 Å². The molecule has 2 aromatic rings. The lowest BCUT2D eigenvalue weighted by Crippen LogP contribution is -2.37. The summed E-state index contributed by atoms with van der Waals surface area (Å²) in [6.45, 7) is 1.56. The summed E-state index contributed by atoms with van der Waals surface area (Å²) >= 11 is 0. The van der Waals surface area contributed by atoms with Gasteiger partial charge < -0.3 is 9.80 Å². The topological polar surface area (TPSA) is 40.6 Å². The zero-order chi connectivity index (χ0) is 17.8. The molecule has 0 bridgehead atoms. The van der Waals surface area contributed by atoms with Crippen LogP contribution < -0.4 is 0 Å². The van der Waals surface area contributed by atoms with Crippen molar-refractivity contribution in [3.8, 4) is 0 Å². The number of amides is 2. The molecule has 0 atom stereocenters. The lowest BCUT2D eigenvalue weighted by atomic mass is 10.2. The third-order valence-corrected chi connectivity index (χ3v) is 4.25. The molecule has 1 aliphatic heterocycles. The van der Waals surface area contributed by atoms with Crippen LogP contribution in [0.25, 0.3) is 0 Å². The molecule has 0 aromatic heterocycles. The number of carbonyl (C=O) groups is 2. The average molecular weight is 344 g/mol. The standard InChI is InChI=1S/C19H18F2N2O2/c20-15-6-3-5-14(13-15)18(24)22-9-4-10-23(12-11-22)19(25)16-7-1-2-8-17(16)21/h1-3,5-8,13H,4,9-12H2. The molecular weight excluding hydrogens is 326 g/mol. The van der Waals surface area contributed by atoms with Gasteiger partial charge in [-0.3, -0.25) is 9.59 Å². The number of benzene rings is 2. The maximum absolute atomic E-state index is 13.8. The van der Waals surface area contributed by atoms with E-state index < -0.39 is 11.6 Å². The Kier molecular flexibility index (Phi) is 5.07. The van der Waals surface area contributed by atoms with Gasteiger partial charge in [0.15, 0.2) is 0 Å². The molecule has 2 amide bonds. The predicted molar refractivity (Wildman–Crippen MR) is 89.2 cm³/mol. The van der Waals surface area contributed by atoms with Gasteiger partial charge in [0.05, 0.1) is 5.56 Å². The maximum Gasteiger partial charge on any atom is 0.256 e. The summed E-state index contributed by atoms with van der Waals surface area (Å²) in [7, 11) is 0. The van der Waals surface area contributed by atoms with Crippen LogP contribution in [0, 0.1) is 11.6 Å². The summed E-state index contributed by atoms with van der Waals surface area (Å²) in [5, 5.41) is 0. The van der Waals surface area contributed by atoms with Gasteiger partial charge in [-0.25, -0.2) is 8.78 Å². The largest absolute Gasteiger partial charge is 0.337 e. The summed E-state index contributed by atoms with van der Waals surface area (Å²) in [6.07, 6.45) is 0.585. The Labute approximate surface area is 144 Å². The maximum atomic E-state index is 13.8. The molecule has 0 radical (unpaired) electrons. The minimum Gasteiger partial charge on any atom is -0.337 e. The van der Waals surface area contributed by atoms with E-state index in [0.29, 0.717) is 32.6 Å². The average Bonchev–Trinajstić information content (AvgIpc) is 2.87. The van der Waals surface area contributed by atoms with Crippen molar-refractivity contribution < 1.29 is 18.4 Å². The molecule has 25 heavy (non-hydrogen) atoms. The number of rotatable bonds is 2. The highest BCUT2D eigenvalue weighted by Crippen LogP contribution is 2.14. The fourth-order valence-electron chi connectivity index (χ4n) is 2.93. The van der Waals surface area contributed by atoms with Crippen molar-refractivity contribution in [2.75, 3.05) is 26.2 Å². The van der Waals surface area contributed by atoms with Gasteiger partial charge in [-0.2, -0.15) is 0 Å². The monoisotopic (exact) mass is 344 g/mol. The normalized spacial score (nSPS) is 15.0. The van der Waals surface area contributed by atoms with Crippen LogP contribution in [0.2, 0.25) is 0 Å². The van der Waals surface area contributed by atoms with E-state index in [1.807, 2.05) is 0 Å². The Balaban J connectivity index is 1.69. The SMILES string of the molecule is O=C(c1cccc(F)c1)N1CCCN(C(=O)c2ccccc2F)CC1.